The lowest BCUT2D eigenvalue weighted by molar-refractivity contribution is -0.137. The number of thiazole rings is 1. The van der Waals surface area contributed by atoms with Crippen LogP contribution in [0.4, 0.5) is 13.2 Å². The maximum absolute atomic E-state index is 12.9. The first-order valence-corrected chi connectivity index (χ1v) is 13.7. The third-order valence-corrected chi connectivity index (χ3v) is 6.18. The minimum atomic E-state index is -4.40. The number of aromatic nitrogens is 1. The lowest BCUT2D eigenvalue weighted by Gasteiger charge is -2.07. The first kappa shape index (κ1) is 36.0. The molecule has 13 heteroatoms. The summed E-state index contributed by atoms with van der Waals surface area (Å²) in [6.45, 7) is 4.08. The van der Waals surface area contributed by atoms with Gasteiger partial charge >= 0.3 is 12.6 Å². The first-order chi connectivity index (χ1) is 19.4. The van der Waals surface area contributed by atoms with Gasteiger partial charge in [0, 0.05) is 42.6 Å². The van der Waals surface area contributed by atoms with Crippen LogP contribution in [0.2, 0.25) is 0 Å². The molecule has 0 aliphatic carbocycles. The van der Waals surface area contributed by atoms with E-state index in [4.69, 9.17) is 27.3 Å². The molecule has 0 saturated heterocycles. The van der Waals surface area contributed by atoms with Gasteiger partial charge in [-0.05, 0) is 63.0 Å². The van der Waals surface area contributed by atoms with Crippen molar-refractivity contribution in [2.75, 3.05) is 27.3 Å². The zero-order valence-electron chi connectivity index (χ0n) is 23.4. The van der Waals surface area contributed by atoms with Crippen molar-refractivity contribution in [3.05, 3.63) is 75.0 Å². The molecule has 0 atom stereocenters. The van der Waals surface area contributed by atoms with E-state index < -0.39 is 11.7 Å². The quantitative estimate of drug-likeness (QED) is 0.0377. The molecule has 0 bridgehead atoms. The highest BCUT2D eigenvalue weighted by Gasteiger charge is 2.30. The van der Waals surface area contributed by atoms with Gasteiger partial charge in [-0.3, -0.25) is 15.6 Å². The average Bonchev–Trinajstić information content (AvgIpc) is 3.29. The standard InChI is InChI=1S/C26H28ClF3N2O4S.C2H8N2/c1-18(16-31-36-17-34)6-11-22(15-19(2)27)35-14-12-24-23(5-3-4-13-33)32-25(37-24)20-7-9-21(10-8-20)26(28,29)30;1-4(2)3/h6-11,15-17,33H,3-5,12-14H2,1-2H3;3H2,1-2H3/b18-6+,19-15+,22-11+,31-16+;. The van der Waals surface area contributed by atoms with E-state index in [-0.39, 0.29) is 13.1 Å². The van der Waals surface area contributed by atoms with Gasteiger partial charge in [-0.2, -0.15) is 13.2 Å². The molecule has 1 heterocycles. The summed E-state index contributed by atoms with van der Waals surface area (Å²) in [6, 6.07) is 4.95. The highest BCUT2D eigenvalue weighted by atomic mass is 35.5. The Hall–Kier alpha value is -3.03. The third-order valence-electron chi connectivity index (χ3n) is 4.87. The maximum Gasteiger partial charge on any atom is 0.416 e. The molecule has 0 amide bonds. The van der Waals surface area contributed by atoms with E-state index >= 15 is 0 Å². The van der Waals surface area contributed by atoms with Crippen molar-refractivity contribution >= 4 is 35.6 Å². The smallest absolute Gasteiger partial charge is 0.416 e. The van der Waals surface area contributed by atoms with E-state index in [1.54, 1.807) is 46.2 Å². The van der Waals surface area contributed by atoms with E-state index in [2.05, 4.69) is 15.0 Å². The Morgan fingerprint density at radius 3 is 2.39 bits per heavy atom. The van der Waals surface area contributed by atoms with Crippen molar-refractivity contribution < 1.29 is 32.6 Å². The fourth-order valence-electron chi connectivity index (χ4n) is 3.09. The summed E-state index contributed by atoms with van der Waals surface area (Å²) in [6.07, 6.45) is 4.59. The van der Waals surface area contributed by atoms with Crippen molar-refractivity contribution in [2.45, 2.75) is 45.7 Å². The van der Waals surface area contributed by atoms with E-state index in [1.807, 2.05) is 0 Å². The number of unbranched alkanes of at least 4 members (excludes halogenated alkanes) is 1. The molecule has 226 valence electrons. The molecular weight excluding hydrogens is 581 g/mol. The Morgan fingerprint density at radius 2 is 1.83 bits per heavy atom. The number of nitrogens with zero attached hydrogens (tertiary/aromatic N) is 3. The fraction of sp³-hybridized carbons (Fsp3) is 0.393. The molecular formula is C28H36ClF3N4O4S. The van der Waals surface area contributed by atoms with Crippen molar-refractivity contribution in [1.29, 1.82) is 0 Å². The van der Waals surface area contributed by atoms with Crippen molar-refractivity contribution in [1.82, 2.24) is 9.99 Å². The summed E-state index contributed by atoms with van der Waals surface area (Å²) in [5.41, 5.74) is 1.45. The number of halogens is 4. The van der Waals surface area contributed by atoms with Gasteiger partial charge in [-0.15, -0.1) is 11.3 Å². The number of carbonyl (C=O) groups is 1. The molecule has 3 N–H and O–H groups in total. The second-order valence-electron chi connectivity index (χ2n) is 8.85. The number of rotatable bonds is 14. The summed E-state index contributed by atoms with van der Waals surface area (Å²) in [4.78, 5) is 20.1. The summed E-state index contributed by atoms with van der Waals surface area (Å²) in [5, 5.41) is 15.2. The highest BCUT2D eigenvalue weighted by Crippen LogP contribution is 2.33. The van der Waals surface area contributed by atoms with Crippen molar-refractivity contribution in [2.24, 2.45) is 11.0 Å². The molecule has 1 aromatic heterocycles. The number of ether oxygens (including phenoxy) is 1. The molecule has 2 aromatic rings. The summed E-state index contributed by atoms with van der Waals surface area (Å²) < 4.78 is 44.7. The Kier molecular flexibility index (Phi) is 16.8. The van der Waals surface area contributed by atoms with Crippen LogP contribution < -0.4 is 5.84 Å². The van der Waals surface area contributed by atoms with Crippen LogP contribution in [0.5, 0.6) is 0 Å². The number of hydrazine groups is 1. The molecule has 0 fully saturated rings. The molecule has 41 heavy (non-hydrogen) atoms. The highest BCUT2D eigenvalue weighted by molar-refractivity contribution is 7.15. The monoisotopic (exact) mass is 616 g/mol. The van der Waals surface area contributed by atoms with Crippen LogP contribution >= 0.6 is 22.9 Å². The lowest BCUT2D eigenvalue weighted by atomic mass is 10.1. The number of carbonyl (C=O) groups excluding carboxylic acids is 1. The molecule has 0 spiro atoms. The van der Waals surface area contributed by atoms with Gasteiger partial charge in [-0.1, -0.05) is 35.0 Å². The molecule has 0 unspecified atom stereocenters. The second kappa shape index (κ2) is 19.2. The minimum Gasteiger partial charge on any atom is -0.493 e. The fourth-order valence-corrected chi connectivity index (χ4v) is 4.30. The predicted octanol–water partition coefficient (Wildman–Crippen LogP) is 6.26. The van der Waals surface area contributed by atoms with Gasteiger partial charge in [-0.25, -0.2) is 4.98 Å². The van der Waals surface area contributed by atoms with Crippen LogP contribution in [0, 0.1) is 0 Å². The Bertz CT molecular complexity index is 1190. The van der Waals surface area contributed by atoms with Gasteiger partial charge in [0.05, 0.1) is 24.1 Å². The van der Waals surface area contributed by atoms with Crippen LogP contribution in [0.25, 0.3) is 10.6 Å². The Balaban J connectivity index is 0.00000196. The zero-order chi connectivity index (χ0) is 30.8. The number of aliphatic hydroxyl groups is 1. The maximum atomic E-state index is 12.9. The van der Waals surface area contributed by atoms with Gasteiger partial charge in [0.15, 0.2) is 0 Å². The summed E-state index contributed by atoms with van der Waals surface area (Å²) >= 11 is 7.44. The Labute approximate surface area is 247 Å². The van der Waals surface area contributed by atoms with Crippen LogP contribution in [-0.4, -0.2) is 55.1 Å². The molecule has 2 rings (SSSR count). The third kappa shape index (κ3) is 15.5. The van der Waals surface area contributed by atoms with Crippen molar-refractivity contribution in [3.63, 3.8) is 0 Å². The first-order valence-electron chi connectivity index (χ1n) is 12.5. The largest absolute Gasteiger partial charge is 0.493 e. The molecule has 8 nitrogen and oxygen atoms in total. The number of hydrogen-bond donors (Lipinski definition) is 2. The van der Waals surface area contributed by atoms with E-state index in [0.717, 1.165) is 29.1 Å². The van der Waals surface area contributed by atoms with Crippen molar-refractivity contribution in [3.8, 4) is 10.6 Å². The van der Waals surface area contributed by atoms with Crippen LogP contribution in [0.15, 0.2) is 64.0 Å². The lowest BCUT2D eigenvalue weighted by Crippen LogP contribution is -2.18. The van der Waals surface area contributed by atoms with E-state index in [9.17, 15) is 18.0 Å². The summed E-state index contributed by atoms with van der Waals surface area (Å²) in [7, 11) is 3.56. The Morgan fingerprint density at radius 1 is 1.17 bits per heavy atom. The molecule has 0 saturated carbocycles. The normalized spacial score (nSPS) is 12.9. The van der Waals surface area contributed by atoms with E-state index in [0.29, 0.717) is 52.8 Å². The van der Waals surface area contributed by atoms with Gasteiger partial charge in [0.25, 0.3) is 0 Å². The number of hydrogen-bond acceptors (Lipinski definition) is 9. The van der Waals surface area contributed by atoms with Gasteiger partial charge < -0.3 is 14.7 Å². The number of alkyl halides is 3. The van der Waals surface area contributed by atoms with Crippen LogP contribution in [-0.2, 0) is 33.4 Å². The zero-order valence-corrected chi connectivity index (χ0v) is 25.0. The number of nitrogens with two attached hydrogens (primary N) is 1. The number of oxime groups is 1. The number of benzene rings is 1. The predicted molar refractivity (Wildman–Crippen MR) is 157 cm³/mol. The molecule has 0 radical (unpaired) electrons. The van der Waals surface area contributed by atoms with Gasteiger partial charge in [0.1, 0.15) is 10.8 Å². The average molecular weight is 617 g/mol. The van der Waals surface area contributed by atoms with E-state index in [1.165, 1.54) is 34.7 Å². The molecule has 0 aliphatic rings. The second-order valence-corrected chi connectivity index (χ2v) is 10.5. The van der Waals surface area contributed by atoms with Crippen LogP contribution in [0.3, 0.4) is 0 Å². The number of aliphatic hydroxyl groups excluding tert-OH is 1. The SMILES string of the molecule is CN(C)N.C\C(Cl)=C/C(=C\C=C(C)\C=N\OC=O)OCCc1sc(-c2ccc(C(F)(F)F)cc2)nc1CCCCO. The minimum absolute atomic E-state index is 0.0749. The molecule has 0 aliphatic heterocycles. The molecule has 1 aromatic carbocycles. The van der Waals surface area contributed by atoms with Gasteiger partial charge in [0.2, 0.25) is 0 Å². The topological polar surface area (TPSA) is 110 Å². The number of aryl methyl sites for hydroxylation is 1. The number of allylic oxidation sites excluding steroid dienone is 5. The summed E-state index contributed by atoms with van der Waals surface area (Å²) in [5.74, 6) is 5.45. The van der Waals surface area contributed by atoms with Crippen LogP contribution in [0.1, 0.15) is 42.8 Å².